The van der Waals surface area contributed by atoms with Gasteiger partial charge in [0.05, 0.1) is 36.3 Å². The summed E-state index contributed by atoms with van der Waals surface area (Å²) in [6.07, 6.45) is 11.6. The molecule has 5 aliphatic rings. The SMILES string of the molecule is CCCCCC1C(C)CCC2C(C)C(n3cc(CCOC4OC5OC(C)CCC6C(C)CCC(C4C)C56OO)nn3)OC(C)C12O. The van der Waals surface area contributed by atoms with E-state index in [0.717, 1.165) is 57.1 Å². The van der Waals surface area contributed by atoms with E-state index >= 15 is 0 Å². The van der Waals surface area contributed by atoms with Crippen molar-refractivity contribution < 1.29 is 34.2 Å². The lowest BCUT2D eigenvalue weighted by molar-refractivity contribution is -0.460. The van der Waals surface area contributed by atoms with Gasteiger partial charge in [0.2, 0.25) is 0 Å². The zero-order valence-electron chi connectivity index (χ0n) is 29.3. The predicted molar refractivity (Wildman–Crippen MR) is 172 cm³/mol. The van der Waals surface area contributed by atoms with Crippen molar-refractivity contribution in [2.45, 2.75) is 161 Å². The van der Waals surface area contributed by atoms with Crippen molar-refractivity contribution in [3.05, 3.63) is 11.9 Å². The number of hydrogen-bond donors (Lipinski definition) is 2. The second kappa shape index (κ2) is 14.0. The molecule has 1 aromatic heterocycles. The molecule has 2 aliphatic carbocycles. The van der Waals surface area contributed by atoms with Crippen LogP contribution < -0.4 is 0 Å². The summed E-state index contributed by atoms with van der Waals surface area (Å²) in [5, 5.41) is 31.7. The first-order valence-corrected chi connectivity index (χ1v) is 18.6. The molecule has 10 nitrogen and oxygen atoms in total. The summed E-state index contributed by atoms with van der Waals surface area (Å²) >= 11 is 0. The van der Waals surface area contributed by atoms with Crippen LogP contribution in [-0.2, 0) is 30.3 Å². The molecule has 3 saturated heterocycles. The number of aromatic nitrogens is 3. The van der Waals surface area contributed by atoms with Crippen molar-refractivity contribution in [1.29, 1.82) is 0 Å². The average molecular weight is 648 g/mol. The van der Waals surface area contributed by atoms with Crippen molar-refractivity contribution in [2.75, 3.05) is 6.61 Å². The highest BCUT2D eigenvalue weighted by atomic mass is 17.1. The Labute approximate surface area is 276 Å². The number of hydrogen-bond acceptors (Lipinski definition) is 9. The van der Waals surface area contributed by atoms with Crippen molar-refractivity contribution in [3.8, 4) is 0 Å². The highest BCUT2D eigenvalue weighted by Crippen LogP contribution is 2.57. The van der Waals surface area contributed by atoms with Gasteiger partial charge in [-0.05, 0) is 88.4 Å². The van der Waals surface area contributed by atoms with Gasteiger partial charge in [0.25, 0.3) is 0 Å². The molecule has 2 N–H and O–H groups in total. The maximum atomic E-state index is 12.3. The summed E-state index contributed by atoms with van der Waals surface area (Å²) in [7, 11) is 0. The van der Waals surface area contributed by atoms with E-state index in [1.807, 2.05) is 10.9 Å². The fraction of sp³-hybridized carbons (Fsp3) is 0.944. The van der Waals surface area contributed by atoms with Crippen molar-refractivity contribution in [3.63, 3.8) is 0 Å². The van der Waals surface area contributed by atoms with Gasteiger partial charge in [-0.1, -0.05) is 59.1 Å². The second-order valence-corrected chi connectivity index (χ2v) is 15.9. The molecule has 0 radical (unpaired) electrons. The van der Waals surface area contributed by atoms with Crippen LogP contribution in [0.3, 0.4) is 0 Å². The Morgan fingerprint density at radius 3 is 2.39 bits per heavy atom. The number of aliphatic hydroxyl groups is 1. The molecule has 15 atom stereocenters. The smallest absolute Gasteiger partial charge is 0.193 e. The van der Waals surface area contributed by atoms with E-state index in [-0.39, 0.29) is 53.9 Å². The van der Waals surface area contributed by atoms with Gasteiger partial charge in [-0.25, -0.2) is 9.57 Å². The Morgan fingerprint density at radius 1 is 0.891 bits per heavy atom. The van der Waals surface area contributed by atoms with E-state index in [9.17, 15) is 10.4 Å². The third-order valence-electron chi connectivity index (χ3n) is 13.3. The van der Waals surface area contributed by atoms with Crippen LogP contribution in [0, 0.1) is 47.3 Å². The monoisotopic (exact) mass is 647 g/mol. The van der Waals surface area contributed by atoms with Gasteiger partial charge in [0.15, 0.2) is 24.4 Å². The third-order valence-corrected chi connectivity index (χ3v) is 13.3. The van der Waals surface area contributed by atoms with Crippen LogP contribution in [0.2, 0.25) is 0 Å². The summed E-state index contributed by atoms with van der Waals surface area (Å²) in [6, 6.07) is 0. The first-order valence-electron chi connectivity index (χ1n) is 18.6. The number of fused-ring (bicyclic) bond motifs is 1. The lowest BCUT2D eigenvalue weighted by Gasteiger charge is -2.58. The van der Waals surface area contributed by atoms with E-state index in [1.54, 1.807) is 0 Å². The lowest BCUT2D eigenvalue weighted by atomic mass is 9.56. The molecule has 4 heterocycles. The van der Waals surface area contributed by atoms with Crippen LogP contribution in [0.4, 0.5) is 0 Å². The Bertz CT molecular complexity index is 1150. The van der Waals surface area contributed by atoms with Gasteiger partial charge in [-0.2, -0.15) is 0 Å². The summed E-state index contributed by atoms with van der Waals surface area (Å²) in [5.74, 6) is 1.75. The molecule has 10 heteroatoms. The highest BCUT2D eigenvalue weighted by molar-refractivity contribution is 5.09. The van der Waals surface area contributed by atoms with Gasteiger partial charge >= 0.3 is 0 Å². The largest absolute Gasteiger partial charge is 0.387 e. The molecule has 0 bridgehead atoms. The van der Waals surface area contributed by atoms with Crippen molar-refractivity contribution in [1.82, 2.24) is 15.0 Å². The van der Waals surface area contributed by atoms with Crippen LogP contribution in [0.15, 0.2) is 6.20 Å². The number of nitrogens with zero attached hydrogens (tertiary/aromatic N) is 3. The molecule has 0 spiro atoms. The maximum Gasteiger partial charge on any atom is 0.193 e. The van der Waals surface area contributed by atoms with Crippen molar-refractivity contribution in [2.24, 2.45) is 47.3 Å². The number of unbranched alkanes of at least 4 members (excludes halogenated alkanes) is 2. The summed E-state index contributed by atoms with van der Waals surface area (Å²) in [6.45, 7) is 15.7. The Hall–Kier alpha value is -1.14. The number of rotatable bonds is 10. The van der Waals surface area contributed by atoms with Gasteiger partial charge in [-0.3, -0.25) is 5.26 Å². The van der Waals surface area contributed by atoms with Crippen LogP contribution in [-0.4, -0.2) is 68.0 Å². The minimum atomic E-state index is -0.865. The first-order chi connectivity index (χ1) is 22.1. The maximum absolute atomic E-state index is 12.3. The topological polar surface area (TPSA) is 117 Å². The molecule has 46 heavy (non-hydrogen) atoms. The molecule has 2 saturated carbocycles. The molecule has 0 aromatic carbocycles. The first kappa shape index (κ1) is 34.7. The molecule has 0 amide bonds. The minimum Gasteiger partial charge on any atom is -0.387 e. The van der Waals surface area contributed by atoms with Crippen LogP contribution in [0.1, 0.15) is 125 Å². The van der Waals surface area contributed by atoms with E-state index in [1.165, 1.54) is 12.8 Å². The highest BCUT2D eigenvalue weighted by Gasteiger charge is 2.65. The molecule has 3 aliphatic heterocycles. The van der Waals surface area contributed by atoms with Gasteiger partial charge in [0.1, 0.15) is 0 Å². The minimum absolute atomic E-state index is 0.0200. The van der Waals surface area contributed by atoms with Crippen LogP contribution in [0.5, 0.6) is 0 Å². The van der Waals surface area contributed by atoms with E-state index in [4.69, 9.17) is 23.8 Å². The molecule has 1 aromatic rings. The van der Waals surface area contributed by atoms with E-state index in [0.29, 0.717) is 24.9 Å². The molecular weight excluding hydrogens is 586 g/mol. The van der Waals surface area contributed by atoms with Crippen LogP contribution >= 0.6 is 0 Å². The standard InChI is InChI=1S/C36H61N3O7/c1-8-9-10-11-28-21(2)12-15-30-24(5)32(44-26(7)35(28,30)40)39-20-27(37-38-39)18-19-42-33-25(6)31-16-13-22(3)29-17-14-23(4)43-34(45-33)36(29,31)46-41/h20-26,28-34,40-41H,8-19H2,1-7H3. The third kappa shape index (κ3) is 5.90. The molecule has 262 valence electrons. The van der Waals surface area contributed by atoms with Gasteiger partial charge in [-0.15, -0.1) is 5.10 Å². The lowest BCUT2D eigenvalue weighted by Crippen LogP contribution is -2.67. The van der Waals surface area contributed by atoms with Crippen LogP contribution in [0.25, 0.3) is 0 Å². The zero-order chi connectivity index (χ0) is 32.8. The normalized spacial score (nSPS) is 47.5. The average Bonchev–Trinajstić information content (AvgIpc) is 3.44. The van der Waals surface area contributed by atoms with Gasteiger partial charge < -0.3 is 24.1 Å². The molecule has 6 rings (SSSR count). The fourth-order valence-corrected chi connectivity index (χ4v) is 10.7. The summed E-state index contributed by atoms with van der Waals surface area (Å²) in [4.78, 5) is 5.44. The Morgan fingerprint density at radius 2 is 1.63 bits per heavy atom. The summed E-state index contributed by atoms with van der Waals surface area (Å²) < 4.78 is 27.7. The Kier molecular flexibility index (Phi) is 10.6. The fourth-order valence-electron chi connectivity index (χ4n) is 10.7. The predicted octanol–water partition coefficient (Wildman–Crippen LogP) is 6.77. The molecule has 15 unspecified atom stereocenters. The Balaban J connectivity index is 1.09. The molecule has 5 fully saturated rings. The van der Waals surface area contributed by atoms with Crippen molar-refractivity contribution >= 4 is 0 Å². The molecular formula is C36H61N3O7. The number of ether oxygens (including phenoxy) is 4. The zero-order valence-corrected chi connectivity index (χ0v) is 29.3. The van der Waals surface area contributed by atoms with E-state index in [2.05, 4.69) is 58.8 Å². The van der Waals surface area contributed by atoms with Gasteiger partial charge in [0, 0.05) is 24.2 Å². The quantitative estimate of drug-likeness (QED) is 0.161. The summed E-state index contributed by atoms with van der Waals surface area (Å²) in [5.41, 5.74) is -0.846. The second-order valence-electron chi connectivity index (χ2n) is 15.9. The van der Waals surface area contributed by atoms with E-state index < -0.39 is 23.8 Å².